The number of rotatable bonds is 7. The number of pyridine rings is 1. The van der Waals surface area contributed by atoms with Gasteiger partial charge in [0.1, 0.15) is 5.82 Å². The van der Waals surface area contributed by atoms with E-state index in [-0.39, 0.29) is 6.04 Å². The predicted molar refractivity (Wildman–Crippen MR) is 117 cm³/mol. The van der Waals surface area contributed by atoms with Crippen LogP contribution in [0.25, 0.3) is 27.8 Å². The number of hydrogen-bond donors (Lipinski definition) is 1. The van der Waals surface area contributed by atoms with Crippen molar-refractivity contribution in [3.8, 4) is 11.1 Å². The van der Waals surface area contributed by atoms with Crippen molar-refractivity contribution in [2.24, 2.45) is 0 Å². The molecule has 1 saturated carbocycles. The second-order valence-corrected chi connectivity index (χ2v) is 8.38. The molecule has 4 aromatic rings. The molecule has 0 atom stereocenters. The van der Waals surface area contributed by atoms with Gasteiger partial charge in [0.25, 0.3) is 6.43 Å². The third-order valence-electron chi connectivity index (χ3n) is 6.15. The maximum Gasteiger partial charge on any atom is 0.345 e. The minimum Gasteiger partial charge on any atom is -0.350 e. The molecular formula is C22H23F4N7O. The lowest BCUT2D eigenvalue weighted by Crippen LogP contribution is -2.31. The first-order chi connectivity index (χ1) is 16.4. The minimum atomic E-state index is -2.74. The maximum absolute atomic E-state index is 13.0. The van der Waals surface area contributed by atoms with Gasteiger partial charge in [-0.3, -0.25) is 0 Å². The summed E-state index contributed by atoms with van der Waals surface area (Å²) in [7, 11) is 0. The zero-order chi connectivity index (χ0) is 23.8. The van der Waals surface area contributed by atoms with Gasteiger partial charge in [0.15, 0.2) is 5.65 Å². The highest BCUT2D eigenvalue weighted by Gasteiger charge is 2.24. The molecule has 5 rings (SSSR count). The SMILES string of the molecule is Cc1nc2ncc(-c3ccn4nc(N[C@H]5CC[C@H](OC(F)F)CC5)ncc34)cc2n1CC(F)F. The number of imidazole rings is 1. The number of fused-ring (bicyclic) bond motifs is 2. The Morgan fingerprint density at radius 3 is 2.62 bits per heavy atom. The molecular weight excluding hydrogens is 454 g/mol. The standard InChI is InChI=1S/C22H23F4N7O/c1-12-29-20-17(32(12)11-19(23)24)8-13(9-27-20)16-6-7-33-18(16)10-28-22(31-33)30-14-2-4-15(5-3-14)34-21(25)26/h6-10,14-15,19,21H,2-5,11H2,1H3,(H,30,31)/t14-,15-. The van der Waals surface area contributed by atoms with E-state index in [1.54, 1.807) is 36.1 Å². The molecule has 0 unspecified atom stereocenters. The zero-order valence-electron chi connectivity index (χ0n) is 18.3. The van der Waals surface area contributed by atoms with Crippen LogP contribution < -0.4 is 5.32 Å². The molecule has 12 heteroatoms. The zero-order valence-corrected chi connectivity index (χ0v) is 18.3. The Morgan fingerprint density at radius 2 is 1.88 bits per heavy atom. The summed E-state index contributed by atoms with van der Waals surface area (Å²) in [4.78, 5) is 13.0. The Labute approximate surface area is 192 Å². The molecule has 180 valence electrons. The predicted octanol–water partition coefficient (Wildman–Crippen LogP) is 4.68. The quantitative estimate of drug-likeness (QED) is 0.390. The second-order valence-electron chi connectivity index (χ2n) is 8.38. The average Bonchev–Trinajstić information content (AvgIpc) is 3.34. The molecule has 8 nitrogen and oxygen atoms in total. The third kappa shape index (κ3) is 4.54. The Morgan fingerprint density at radius 1 is 1.09 bits per heavy atom. The van der Waals surface area contributed by atoms with Gasteiger partial charge < -0.3 is 14.6 Å². The summed E-state index contributed by atoms with van der Waals surface area (Å²) in [6, 6.07) is 3.74. The van der Waals surface area contributed by atoms with Gasteiger partial charge in [-0.05, 0) is 44.7 Å². The van der Waals surface area contributed by atoms with E-state index < -0.39 is 25.7 Å². The molecule has 1 aliphatic rings. The molecule has 0 spiro atoms. The van der Waals surface area contributed by atoms with Crippen molar-refractivity contribution in [2.45, 2.75) is 64.3 Å². The summed E-state index contributed by atoms with van der Waals surface area (Å²) in [5.74, 6) is 0.919. The molecule has 1 N–H and O–H groups in total. The Balaban J connectivity index is 1.35. The molecule has 1 aliphatic carbocycles. The Kier molecular flexibility index (Phi) is 6.07. The number of aromatic nitrogens is 6. The molecule has 0 aliphatic heterocycles. The molecule has 1 fully saturated rings. The van der Waals surface area contributed by atoms with Crippen molar-refractivity contribution in [3.63, 3.8) is 0 Å². The van der Waals surface area contributed by atoms with Crippen LogP contribution in [0.2, 0.25) is 0 Å². The van der Waals surface area contributed by atoms with E-state index in [0.717, 1.165) is 16.6 Å². The lowest BCUT2D eigenvalue weighted by atomic mass is 9.93. The average molecular weight is 477 g/mol. The Bertz CT molecular complexity index is 1300. The number of alkyl halides is 4. The number of hydrogen-bond acceptors (Lipinski definition) is 6. The normalized spacial score (nSPS) is 19.0. The summed E-state index contributed by atoms with van der Waals surface area (Å²) in [5.41, 5.74) is 3.25. The van der Waals surface area contributed by atoms with Crippen molar-refractivity contribution >= 4 is 22.6 Å². The summed E-state index contributed by atoms with van der Waals surface area (Å²) in [6.07, 6.45) is 4.69. The topological polar surface area (TPSA) is 82.2 Å². The fraction of sp³-hybridized carbons (Fsp3) is 0.455. The highest BCUT2D eigenvalue weighted by atomic mass is 19.3. The number of halogens is 4. The first-order valence-corrected chi connectivity index (χ1v) is 11.0. The third-order valence-corrected chi connectivity index (χ3v) is 6.15. The van der Waals surface area contributed by atoms with Gasteiger partial charge in [-0.2, -0.15) is 8.78 Å². The lowest BCUT2D eigenvalue weighted by molar-refractivity contribution is -0.169. The van der Waals surface area contributed by atoms with Crippen LogP contribution in [0.1, 0.15) is 31.5 Å². The number of ether oxygens (including phenoxy) is 1. The fourth-order valence-electron chi connectivity index (χ4n) is 4.52. The van der Waals surface area contributed by atoms with Gasteiger partial charge in [0.05, 0.1) is 29.9 Å². The van der Waals surface area contributed by atoms with Crippen LogP contribution in [0.4, 0.5) is 23.5 Å². The highest BCUT2D eigenvalue weighted by Crippen LogP contribution is 2.29. The van der Waals surface area contributed by atoms with E-state index in [1.165, 1.54) is 4.57 Å². The van der Waals surface area contributed by atoms with Crippen molar-refractivity contribution < 1.29 is 22.3 Å². The number of nitrogens with one attached hydrogen (secondary N) is 1. The van der Waals surface area contributed by atoms with Gasteiger partial charge in [-0.1, -0.05) is 0 Å². The van der Waals surface area contributed by atoms with E-state index in [0.29, 0.717) is 48.6 Å². The van der Waals surface area contributed by atoms with Crippen molar-refractivity contribution in [1.82, 2.24) is 29.1 Å². The van der Waals surface area contributed by atoms with Gasteiger partial charge in [0.2, 0.25) is 5.95 Å². The molecule has 0 radical (unpaired) electrons. The largest absolute Gasteiger partial charge is 0.350 e. The van der Waals surface area contributed by atoms with Crippen LogP contribution in [0.15, 0.2) is 30.7 Å². The van der Waals surface area contributed by atoms with Gasteiger partial charge >= 0.3 is 6.61 Å². The maximum atomic E-state index is 13.0. The second kappa shape index (κ2) is 9.16. The van der Waals surface area contributed by atoms with Gasteiger partial charge in [0, 0.05) is 29.6 Å². The van der Waals surface area contributed by atoms with Crippen LogP contribution >= 0.6 is 0 Å². The van der Waals surface area contributed by atoms with Crippen LogP contribution in [0.5, 0.6) is 0 Å². The van der Waals surface area contributed by atoms with E-state index in [9.17, 15) is 17.6 Å². The Hall–Kier alpha value is -3.28. The number of anilines is 1. The molecule has 4 aromatic heterocycles. The minimum absolute atomic E-state index is 0.0787. The van der Waals surface area contributed by atoms with E-state index in [1.807, 2.05) is 6.07 Å². The highest BCUT2D eigenvalue weighted by molar-refractivity contribution is 5.85. The van der Waals surface area contributed by atoms with Crippen LogP contribution in [-0.2, 0) is 11.3 Å². The van der Waals surface area contributed by atoms with Crippen molar-refractivity contribution in [2.75, 3.05) is 5.32 Å². The summed E-state index contributed by atoms with van der Waals surface area (Å²) in [5, 5.41) is 7.78. The van der Waals surface area contributed by atoms with Gasteiger partial charge in [-0.25, -0.2) is 28.2 Å². The van der Waals surface area contributed by atoms with Crippen LogP contribution in [-0.4, -0.2) is 54.3 Å². The van der Waals surface area contributed by atoms with Gasteiger partial charge in [-0.15, -0.1) is 5.10 Å². The number of aryl methyl sites for hydroxylation is 1. The van der Waals surface area contributed by atoms with E-state index in [4.69, 9.17) is 0 Å². The molecule has 0 saturated heterocycles. The first kappa shape index (κ1) is 22.5. The summed E-state index contributed by atoms with van der Waals surface area (Å²) >= 11 is 0. The van der Waals surface area contributed by atoms with Crippen molar-refractivity contribution in [1.29, 1.82) is 0 Å². The van der Waals surface area contributed by atoms with Crippen LogP contribution in [0.3, 0.4) is 0 Å². The lowest BCUT2D eigenvalue weighted by Gasteiger charge is -2.28. The molecule has 34 heavy (non-hydrogen) atoms. The molecule has 0 aromatic carbocycles. The summed E-state index contributed by atoms with van der Waals surface area (Å²) in [6.45, 7) is -1.51. The van der Waals surface area contributed by atoms with E-state index in [2.05, 4.69) is 30.1 Å². The van der Waals surface area contributed by atoms with Crippen LogP contribution in [0, 0.1) is 6.92 Å². The first-order valence-electron chi connectivity index (χ1n) is 11.0. The summed E-state index contributed by atoms with van der Waals surface area (Å²) < 4.78 is 58.6. The monoisotopic (exact) mass is 477 g/mol. The smallest absolute Gasteiger partial charge is 0.345 e. The molecule has 0 bridgehead atoms. The number of nitrogens with zero attached hydrogens (tertiary/aromatic N) is 6. The van der Waals surface area contributed by atoms with E-state index >= 15 is 0 Å². The molecule has 4 heterocycles. The fourth-order valence-corrected chi connectivity index (χ4v) is 4.52. The molecule has 0 amide bonds. The van der Waals surface area contributed by atoms with Crippen molar-refractivity contribution in [3.05, 3.63) is 36.5 Å².